The molecule has 1 aromatic carbocycles. The largest absolute Gasteiger partial charge is 0.353 e. The predicted molar refractivity (Wildman–Crippen MR) is 57.1 cm³/mol. The van der Waals surface area contributed by atoms with Gasteiger partial charge in [-0.3, -0.25) is 0 Å². The van der Waals surface area contributed by atoms with Gasteiger partial charge in [0.25, 0.3) is 0 Å². The summed E-state index contributed by atoms with van der Waals surface area (Å²) in [7, 11) is 0. The maximum atomic E-state index is 13.7. The van der Waals surface area contributed by atoms with Crippen LogP contribution in [0, 0.1) is 34.3 Å². The lowest BCUT2D eigenvalue weighted by Crippen LogP contribution is -2.28. The number of hydrogen-bond donors (Lipinski definition) is 0. The summed E-state index contributed by atoms with van der Waals surface area (Å²) >= 11 is 0. The van der Waals surface area contributed by atoms with E-state index in [0.29, 0.717) is 13.0 Å². The molecule has 1 aliphatic rings. The van der Waals surface area contributed by atoms with E-state index in [1.54, 1.807) is 11.0 Å². The highest BCUT2D eigenvalue weighted by atomic mass is 19.1. The minimum Gasteiger partial charge on any atom is -0.353 e. The van der Waals surface area contributed by atoms with Gasteiger partial charge < -0.3 is 4.90 Å². The summed E-state index contributed by atoms with van der Waals surface area (Å²) < 4.78 is 27.1. The molecule has 0 radical (unpaired) electrons. The van der Waals surface area contributed by atoms with Crippen LogP contribution in [0.25, 0.3) is 0 Å². The van der Waals surface area contributed by atoms with Crippen molar-refractivity contribution in [2.45, 2.75) is 18.9 Å². The molecule has 1 fully saturated rings. The molecule has 0 aromatic heterocycles. The van der Waals surface area contributed by atoms with E-state index in [-0.39, 0.29) is 11.3 Å². The molecule has 2 rings (SSSR count). The lowest BCUT2D eigenvalue weighted by molar-refractivity contribution is 0.591. The van der Waals surface area contributed by atoms with Crippen molar-refractivity contribution in [3.63, 3.8) is 0 Å². The van der Waals surface area contributed by atoms with Crippen LogP contribution >= 0.6 is 0 Å². The summed E-state index contributed by atoms with van der Waals surface area (Å²) in [5.74, 6) is -1.42. The lowest BCUT2D eigenvalue weighted by atomic mass is 10.1. The molecule has 3 nitrogen and oxygen atoms in total. The van der Waals surface area contributed by atoms with Crippen molar-refractivity contribution in [1.29, 1.82) is 10.5 Å². The number of nitriles is 2. The molecule has 86 valence electrons. The molecule has 1 heterocycles. The Morgan fingerprint density at radius 3 is 2.65 bits per heavy atom. The molecule has 0 amide bonds. The highest BCUT2D eigenvalue weighted by Crippen LogP contribution is 2.29. The fourth-order valence-electron chi connectivity index (χ4n) is 2.03. The smallest absolute Gasteiger partial charge is 0.148 e. The maximum absolute atomic E-state index is 13.7. The third-order valence-electron chi connectivity index (χ3n) is 2.87. The van der Waals surface area contributed by atoms with Crippen molar-refractivity contribution in [1.82, 2.24) is 0 Å². The number of rotatable bonds is 1. The zero-order chi connectivity index (χ0) is 12.4. The lowest BCUT2D eigenvalue weighted by Gasteiger charge is -2.22. The Balaban J connectivity index is 2.44. The van der Waals surface area contributed by atoms with E-state index in [1.165, 1.54) is 0 Å². The first-order chi connectivity index (χ1) is 8.17. The van der Waals surface area contributed by atoms with Crippen molar-refractivity contribution in [2.75, 3.05) is 11.4 Å². The van der Waals surface area contributed by atoms with Gasteiger partial charge in [-0.25, -0.2) is 8.78 Å². The van der Waals surface area contributed by atoms with Crippen LogP contribution in [0.1, 0.15) is 18.4 Å². The molecule has 0 saturated carbocycles. The standard InChI is InChI=1S/C12H9F2N3/c13-10-5-12(11(14)4-8(10)6-15)17-3-1-2-9(17)7-16/h4-5,9H,1-3H2/t9-/m1/s1. The fraction of sp³-hybridized carbons (Fsp3) is 0.333. The Morgan fingerprint density at radius 1 is 1.24 bits per heavy atom. The normalized spacial score (nSPS) is 18.8. The van der Waals surface area contributed by atoms with Gasteiger partial charge in [0.2, 0.25) is 0 Å². The molecule has 5 heteroatoms. The van der Waals surface area contributed by atoms with Gasteiger partial charge >= 0.3 is 0 Å². The van der Waals surface area contributed by atoms with Gasteiger partial charge in [-0.15, -0.1) is 0 Å². The zero-order valence-electron chi connectivity index (χ0n) is 8.95. The topological polar surface area (TPSA) is 50.8 Å². The molecular weight excluding hydrogens is 224 g/mol. The van der Waals surface area contributed by atoms with Crippen LogP contribution in [0.2, 0.25) is 0 Å². The third-order valence-corrected chi connectivity index (χ3v) is 2.87. The Hall–Kier alpha value is -2.14. The van der Waals surface area contributed by atoms with Crippen LogP contribution in [-0.4, -0.2) is 12.6 Å². The van der Waals surface area contributed by atoms with E-state index in [9.17, 15) is 8.78 Å². The highest BCUT2D eigenvalue weighted by Gasteiger charge is 2.27. The van der Waals surface area contributed by atoms with Crippen molar-refractivity contribution < 1.29 is 8.78 Å². The molecule has 1 atom stereocenters. The van der Waals surface area contributed by atoms with Crippen molar-refractivity contribution in [3.8, 4) is 12.1 Å². The Kier molecular flexibility index (Phi) is 2.93. The van der Waals surface area contributed by atoms with Crippen molar-refractivity contribution in [2.24, 2.45) is 0 Å². The Bertz CT molecular complexity index is 528. The molecule has 0 aliphatic carbocycles. The van der Waals surface area contributed by atoms with Crippen LogP contribution in [0.3, 0.4) is 0 Å². The number of nitrogens with zero attached hydrogens (tertiary/aromatic N) is 3. The average molecular weight is 233 g/mol. The van der Waals surface area contributed by atoms with Gasteiger partial charge in [0.15, 0.2) is 0 Å². The van der Waals surface area contributed by atoms with Gasteiger partial charge in [-0.1, -0.05) is 0 Å². The van der Waals surface area contributed by atoms with Crippen LogP contribution in [0.15, 0.2) is 12.1 Å². The van der Waals surface area contributed by atoms with E-state index in [2.05, 4.69) is 6.07 Å². The van der Waals surface area contributed by atoms with Crippen molar-refractivity contribution in [3.05, 3.63) is 29.3 Å². The molecule has 0 bridgehead atoms. The number of benzene rings is 1. The maximum Gasteiger partial charge on any atom is 0.148 e. The minimum atomic E-state index is -0.757. The summed E-state index contributed by atoms with van der Waals surface area (Å²) in [5, 5.41) is 17.5. The summed E-state index contributed by atoms with van der Waals surface area (Å²) in [5.41, 5.74) is -0.260. The first kappa shape index (κ1) is 11.3. The SMILES string of the molecule is N#Cc1cc(F)c(N2CCC[C@@H]2C#N)cc1F. The van der Waals surface area contributed by atoms with E-state index >= 15 is 0 Å². The Morgan fingerprint density at radius 2 is 2.00 bits per heavy atom. The van der Waals surface area contributed by atoms with Gasteiger partial charge in [0.05, 0.1) is 17.3 Å². The quantitative estimate of drug-likeness (QED) is 0.748. The van der Waals surface area contributed by atoms with Gasteiger partial charge in [-0.05, 0) is 18.9 Å². The molecule has 17 heavy (non-hydrogen) atoms. The number of halogens is 2. The molecule has 1 saturated heterocycles. The van der Waals surface area contributed by atoms with E-state index < -0.39 is 17.7 Å². The summed E-state index contributed by atoms with van der Waals surface area (Å²) in [6.07, 6.45) is 1.43. The summed E-state index contributed by atoms with van der Waals surface area (Å²) in [6.45, 7) is 0.528. The van der Waals surface area contributed by atoms with Gasteiger partial charge in [0.1, 0.15) is 23.7 Å². The number of anilines is 1. The highest BCUT2D eigenvalue weighted by molar-refractivity contribution is 5.54. The second-order valence-corrected chi connectivity index (χ2v) is 3.88. The molecule has 0 unspecified atom stereocenters. The van der Waals surface area contributed by atoms with Crippen LogP contribution in [0.5, 0.6) is 0 Å². The molecule has 1 aliphatic heterocycles. The molecule has 0 spiro atoms. The van der Waals surface area contributed by atoms with Crippen LogP contribution in [0.4, 0.5) is 14.5 Å². The first-order valence-corrected chi connectivity index (χ1v) is 5.22. The van der Waals surface area contributed by atoms with Crippen LogP contribution < -0.4 is 4.90 Å². The van der Waals surface area contributed by atoms with E-state index in [1.807, 2.05) is 0 Å². The third kappa shape index (κ3) is 1.92. The second kappa shape index (κ2) is 4.39. The zero-order valence-corrected chi connectivity index (χ0v) is 8.95. The minimum absolute atomic E-state index is 0.0607. The van der Waals surface area contributed by atoms with Crippen molar-refractivity contribution >= 4 is 5.69 Å². The molecule has 1 aromatic rings. The predicted octanol–water partition coefficient (Wildman–Crippen LogP) is 2.33. The second-order valence-electron chi connectivity index (χ2n) is 3.88. The Labute approximate surface area is 97.5 Å². The van der Waals surface area contributed by atoms with Crippen LogP contribution in [-0.2, 0) is 0 Å². The summed E-state index contributed by atoms with van der Waals surface area (Å²) in [6, 6.07) is 5.08. The molecular formula is C12H9F2N3. The first-order valence-electron chi connectivity index (χ1n) is 5.22. The monoisotopic (exact) mass is 233 g/mol. The number of hydrogen-bond acceptors (Lipinski definition) is 3. The van der Waals surface area contributed by atoms with E-state index in [0.717, 1.165) is 18.6 Å². The fourth-order valence-corrected chi connectivity index (χ4v) is 2.03. The summed E-state index contributed by atoms with van der Waals surface area (Å²) in [4.78, 5) is 1.54. The van der Waals surface area contributed by atoms with Gasteiger partial charge in [0, 0.05) is 12.6 Å². The average Bonchev–Trinajstić information content (AvgIpc) is 2.79. The molecule has 0 N–H and O–H groups in total. The van der Waals surface area contributed by atoms with Gasteiger partial charge in [-0.2, -0.15) is 10.5 Å². The van der Waals surface area contributed by atoms with E-state index in [4.69, 9.17) is 10.5 Å².